The summed E-state index contributed by atoms with van der Waals surface area (Å²) in [4.78, 5) is 11.3. The summed E-state index contributed by atoms with van der Waals surface area (Å²) in [6, 6.07) is 5.38. The predicted octanol–water partition coefficient (Wildman–Crippen LogP) is 2.93. The van der Waals surface area contributed by atoms with Gasteiger partial charge in [-0.05, 0) is 17.7 Å². The molecule has 1 unspecified atom stereocenters. The Morgan fingerprint density at radius 3 is 2.75 bits per heavy atom. The first kappa shape index (κ1) is 9.62. The van der Waals surface area contributed by atoms with Crippen LogP contribution in [-0.2, 0) is 4.79 Å². The lowest BCUT2D eigenvalue weighted by atomic mass is 10.0. The van der Waals surface area contributed by atoms with Gasteiger partial charge >= 0.3 is 0 Å². The molecule has 1 aromatic rings. The minimum absolute atomic E-state index is 0.147. The van der Waals surface area contributed by atoms with Gasteiger partial charge in [0, 0.05) is 15.8 Å². The number of aldehydes is 1. The molecule has 1 rings (SSSR count). The van der Waals surface area contributed by atoms with Crippen molar-refractivity contribution in [3.8, 4) is 0 Å². The third-order valence-corrected chi connectivity index (χ3v) is 2.28. The van der Waals surface area contributed by atoms with Gasteiger partial charge in [0.15, 0.2) is 0 Å². The van der Waals surface area contributed by atoms with E-state index in [9.17, 15) is 4.79 Å². The van der Waals surface area contributed by atoms with E-state index in [2.05, 4.69) is 12.6 Å². The van der Waals surface area contributed by atoms with Crippen molar-refractivity contribution >= 4 is 30.5 Å². The Hall–Kier alpha value is -0.470. The molecule has 0 saturated carbocycles. The normalized spacial score (nSPS) is 12.6. The highest BCUT2D eigenvalue weighted by atomic mass is 35.5. The van der Waals surface area contributed by atoms with Crippen LogP contribution in [0.2, 0.25) is 5.02 Å². The molecule has 0 heterocycles. The lowest BCUT2D eigenvalue weighted by Crippen LogP contribution is -1.94. The van der Waals surface area contributed by atoms with Crippen LogP contribution in [0.15, 0.2) is 23.1 Å². The Labute approximate surface area is 82.1 Å². The Morgan fingerprint density at radius 1 is 1.58 bits per heavy atom. The average molecular weight is 201 g/mol. The molecule has 64 valence electrons. The SMILES string of the molecule is CC(C=O)c1ccc(S)cc1Cl. The molecular weight excluding hydrogens is 192 g/mol. The maximum Gasteiger partial charge on any atom is 0.127 e. The predicted molar refractivity (Wildman–Crippen MR) is 53.2 cm³/mol. The van der Waals surface area contributed by atoms with Gasteiger partial charge in [0.05, 0.1) is 0 Å². The van der Waals surface area contributed by atoms with E-state index >= 15 is 0 Å². The number of carbonyl (C=O) groups is 1. The van der Waals surface area contributed by atoms with E-state index in [0.717, 1.165) is 16.7 Å². The molecule has 0 aliphatic rings. The van der Waals surface area contributed by atoms with Gasteiger partial charge in [-0.15, -0.1) is 12.6 Å². The van der Waals surface area contributed by atoms with E-state index in [0.29, 0.717) is 5.02 Å². The number of carbonyl (C=O) groups excluding carboxylic acids is 1. The number of hydrogen-bond acceptors (Lipinski definition) is 2. The molecule has 3 heteroatoms. The lowest BCUT2D eigenvalue weighted by molar-refractivity contribution is -0.108. The summed E-state index contributed by atoms with van der Waals surface area (Å²) in [5.41, 5.74) is 0.851. The van der Waals surface area contributed by atoms with Gasteiger partial charge in [0.25, 0.3) is 0 Å². The van der Waals surface area contributed by atoms with E-state index in [4.69, 9.17) is 11.6 Å². The smallest absolute Gasteiger partial charge is 0.127 e. The minimum Gasteiger partial charge on any atom is -0.303 e. The van der Waals surface area contributed by atoms with Crippen molar-refractivity contribution in [1.29, 1.82) is 0 Å². The van der Waals surface area contributed by atoms with Crippen LogP contribution in [0.3, 0.4) is 0 Å². The minimum atomic E-state index is -0.147. The molecule has 0 aliphatic carbocycles. The first-order valence-electron chi connectivity index (χ1n) is 3.59. The monoisotopic (exact) mass is 200 g/mol. The highest BCUT2D eigenvalue weighted by Crippen LogP contribution is 2.25. The van der Waals surface area contributed by atoms with E-state index < -0.39 is 0 Å². The Morgan fingerprint density at radius 2 is 2.25 bits per heavy atom. The molecule has 0 radical (unpaired) electrons. The van der Waals surface area contributed by atoms with Crippen LogP contribution in [0.1, 0.15) is 18.4 Å². The molecule has 0 fully saturated rings. The van der Waals surface area contributed by atoms with Gasteiger partial charge in [-0.3, -0.25) is 0 Å². The number of benzene rings is 1. The molecule has 12 heavy (non-hydrogen) atoms. The molecule has 1 atom stereocenters. The molecule has 0 spiro atoms. The van der Waals surface area contributed by atoms with Gasteiger partial charge < -0.3 is 4.79 Å². The second-order valence-corrected chi connectivity index (χ2v) is 3.55. The molecule has 0 bridgehead atoms. The first-order chi connectivity index (χ1) is 5.65. The van der Waals surface area contributed by atoms with E-state index in [1.54, 1.807) is 6.07 Å². The fourth-order valence-electron chi connectivity index (χ4n) is 0.959. The fourth-order valence-corrected chi connectivity index (χ4v) is 1.59. The second kappa shape index (κ2) is 3.97. The zero-order valence-electron chi connectivity index (χ0n) is 6.62. The van der Waals surface area contributed by atoms with Crippen molar-refractivity contribution in [2.75, 3.05) is 0 Å². The number of hydrogen-bond donors (Lipinski definition) is 1. The summed E-state index contributed by atoms with van der Waals surface area (Å²) in [6.07, 6.45) is 0.874. The summed E-state index contributed by atoms with van der Waals surface area (Å²) in [5.74, 6) is -0.147. The summed E-state index contributed by atoms with van der Waals surface area (Å²) in [7, 11) is 0. The van der Waals surface area contributed by atoms with Crippen LogP contribution in [0.4, 0.5) is 0 Å². The van der Waals surface area contributed by atoms with Crippen LogP contribution in [-0.4, -0.2) is 6.29 Å². The molecule has 0 aliphatic heterocycles. The summed E-state index contributed by atoms with van der Waals surface area (Å²) in [6.45, 7) is 1.81. The van der Waals surface area contributed by atoms with Gasteiger partial charge in [-0.1, -0.05) is 24.6 Å². The van der Waals surface area contributed by atoms with E-state index in [1.807, 2.05) is 19.1 Å². The van der Waals surface area contributed by atoms with E-state index in [-0.39, 0.29) is 5.92 Å². The Balaban J connectivity index is 3.09. The molecule has 0 N–H and O–H groups in total. The second-order valence-electron chi connectivity index (χ2n) is 2.63. The highest BCUT2D eigenvalue weighted by molar-refractivity contribution is 7.80. The Kier molecular flexibility index (Phi) is 3.18. The maximum atomic E-state index is 10.5. The van der Waals surface area contributed by atoms with Crippen LogP contribution in [0, 0.1) is 0 Å². The number of thiol groups is 1. The molecular formula is C9H9ClOS. The first-order valence-corrected chi connectivity index (χ1v) is 4.41. The third kappa shape index (κ3) is 2.02. The van der Waals surface area contributed by atoms with Crippen molar-refractivity contribution in [2.45, 2.75) is 17.7 Å². The van der Waals surface area contributed by atoms with Crippen molar-refractivity contribution in [3.05, 3.63) is 28.8 Å². The maximum absolute atomic E-state index is 10.5. The van der Waals surface area contributed by atoms with Crippen molar-refractivity contribution in [1.82, 2.24) is 0 Å². The molecule has 1 nitrogen and oxygen atoms in total. The van der Waals surface area contributed by atoms with Gasteiger partial charge in [0.2, 0.25) is 0 Å². The lowest BCUT2D eigenvalue weighted by Gasteiger charge is -2.06. The topological polar surface area (TPSA) is 17.1 Å². The van der Waals surface area contributed by atoms with Crippen molar-refractivity contribution in [2.24, 2.45) is 0 Å². The van der Waals surface area contributed by atoms with Crippen LogP contribution in [0.5, 0.6) is 0 Å². The quantitative estimate of drug-likeness (QED) is 0.574. The third-order valence-electron chi connectivity index (χ3n) is 1.68. The summed E-state index contributed by atoms with van der Waals surface area (Å²) in [5, 5.41) is 0.599. The van der Waals surface area contributed by atoms with Gasteiger partial charge in [-0.2, -0.15) is 0 Å². The van der Waals surface area contributed by atoms with Crippen LogP contribution in [0.25, 0.3) is 0 Å². The number of halogens is 1. The summed E-state index contributed by atoms with van der Waals surface area (Å²) < 4.78 is 0. The largest absolute Gasteiger partial charge is 0.303 e. The van der Waals surface area contributed by atoms with Gasteiger partial charge in [-0.25, -0.2) is 0 Å². The molecule has 0 aromatic heterocycles. The van der Waals surface area contributed by atoms with Crippen molar-refractivity contribution < 1.29 is 4.79 Å². The zero-order chi connectivity index (χ0) is 9.14. The van der Waals surface area contributed by atoms with Gasteiger partial charge in [0.1, 0.15) is 6.29 Å². The van der Waals surface area contributed by atoms with Crippen molar-refractivity contribution in [3.63, 3.8) is 0 Å². The molecule has 0 saturated heterocycles. The number of rotatable bonds is 2. The molecule has 1 aromatic carbocycles. The highest BCUT2D eigenvalue weighted by Gasteiger charge is 2.07. The van der Waals surface area contributed by atoms with Crippen LogP contribution >= 0.6 is 24.2 Å². The standard InChI is InChI=1S/C9H9ClOS/c1-6(5-11)8-3-2-7(12)4-9(8)10/h2-6,12H,1H3. The van der Waals surface area contributed by atoms with Crippen LogP contribution < -0.4 is 0 Å². The zero-order valence-corrected chi connectivity index (χ0v) is 8.27. The molecule has 0 amide bonds. The van der Waals surface area contributed by atoms with E-state index in [1.165, 1.54) is 0 Å². The fraction of sp³-hybridized carbons (Fsp3) is 0.222. The Bertz CT molecular complexity index is 299. The average Bonchev–Trinajstić information content (AvgIpc) is 2.03. The summed E-state index contributed by atoms with van der Waals surface area (Å²) >= 11 is 10.0.